The summed E-state index contributed by atoms with van der Waals surface area (Å²) < 4.78 is 0. The van der Waals surface area contributed by atoms with Gasteiger partial charge in [0.25, 0.3) is 0 Å². The van der Waals surface area contributed by atoms with Gasteiger partial charge in [0.1, 0.15) is 0 Å². The van der Waals surface area contributed by atoms with Crippen LogP contribution in [0, 0.1) is 10.8 Å². The maximum absolute atomic E-state index is 2.37. The monoisotopic (exact) mass is 536 g/mol. The predicted molar refractivity (Wildman–Crippen MR) is 181 cm³/mol. The third-order valence-electron chi connectivity index (χ3n) is 8.38. The van der Waals surface area contributed by atoms with Crippen molar-refractivity contribution < 1.29 is 0 Å². The van der Waals surface area contributed by atoms with Gasteiger partial charge in [-0.2, -0.15) is 0 Å². The minimum Gasteiger partial charge on any atom is -0.0696 e. The van der Waals surface area contributed by atoms with Crippen molar-refractivity contribution in [3.8, 4) is 0 Å². The van der Waals surface area contributed by atoms with Crippen molar-refractivity contribution in [1.29, 1.82) is 0 Å². The fourth-order valence-corrected chi connectivity index (χ4v) is 5.79. The van der Waals surface area contributed by atoms with Gasteiger partial charge in [-0.25, -0.2) is 0 Å². The number of allylic oxidation sites excluding steroid dienone is 22. The van der Waals surface area contributed by atoms with Crippen LogP contribution < -0.4 is 0 Å². The summed E-state index contributed by atoms with van der Waals surface area (Å²) in [4.78, 5) is 0. The molecule has 0 unspecified atom stereocenters. The molecule has 0 radical (unpaired) electrons. The Morgan fingerprint density at radius 1 is 0.500 bits per heavy atom. The maximum atomic E-state index is 2.37. The summed E-state index contributed by atoms with van der Waals surface area (Å²) >= 11 is 0. The topological polar surface area (TPSA) is 0 Å². The molecule has 0 heterocycles. The van der Waals surface area contributed by atoms with Gasteiger partial charge < -0.3 is 0 Å². The van der Waals surface area contributed by atoms with Gasteiger partial charge in [0.05, 0.1) is 0 Å². The van der Waals surface area contributed by atoms with E-state index in [1.54, 1.807) is 11.1 Å². The van der Waals surface area contributed by atoms with Crippen LogP contribution in [0.4, 0.5) is 0 Å². The van der Waals surface area contributed by atoms with Gasteiger partial charge in [0, 0.05) is 0 Å². The van der Waals surface area contributed by atoms with E-state index in [0.717, 1.165) is 0 Å². The highest BCUT2D eigenvalue weighted by molar-refractivity contribution is 5.39. The molecule has 216 valence electrons. The van der Waals surface area contributed by atoms with E-state index >= 15 is 0 Å². The maximum Gasteiger partial charge on any atom is -0.0104 e. The Morgan fingerprint density at radius 2 is 0.825 bits per heavy atom. The van der Waals surface area contributed by atoms with Crippen molar-refractivity contribution in [2.75, 3.05) is 0 Å². The van der Waals surface area contributed by atoms with Gasteiger partial charge in [0.15, 0.2) is 0 Å². The van der Waals surface area contributed by atoms with Gasteiger partial charge >= 0.3 is 0 Å². The Balaban J connectivity index is 1.89. The lowest BCUT2D eigenvalue weighted by Gasteiger charge is -2.33. The largest absolute Gasteiger partial charge is 0.0696 e. The van der Waals surface area contributed by atoms with Crippen molar-refractivity contribution in [3.05, 3.63) is 130 Å². The number of hydrogen-bond acceptors (Lipinski definition) is 0. The second-order valence-corrected chi connectivity index (χ2v) is 13.3. The third kappa shape index (κ3) is 11.3. The molecule has 0 aromatic heterocycles. The first-order valence-corrected chi connectivity index (χ1v) is 15.3. The molecule has 0 amide bonds. The molecule has 0 fully saturated rings. The van der Waals surface area contributed by atoms with Crippen LogP contribution in [0.15, 0.2) is 130 Å². The minimum absolute atomic E-state index is 0.291. The molecule has 2 aliphatic rings. The summed E-state index contributed by atoms with van der Waals surface area (Å²) in [5.41, 5.74) is 11.7. The standard InChI is InChI=1S/C40H56/c1-31(19-13-21-33(3)25-27-37-35(5)23-15-29-39(37,7)8)17-11-12-18-32(2)20-14-22-34(4)26-28-38-36(6)24-16-30-40(38,9)10/h11-14,17-22,25-28H,15-16,23-24,29-30H2,1-10H3/b12-11+,19-13-,20-14+,27-25-,28-26+,31-17+,32-18+,33-21-,34-22+. The summed E-state index contributed by atoms with van der Waals surface area (Å²) in [6.07, 6.45) is 38.4. The molecule has 2 rings (SSSR count). The lowest BCUT2D eigenvalue weighted by atomic mass is 9.72. The van der Waals surface area contributed by atoms with Gasteiger partial charge in [-0.1, -0.05) is 146 Å². The van der Waals surface area contributed by atoms with E-state index in [2.05, 4.69) is 154 Å². The molecule has 0 saturated heterocycles. The van der Waals surface area contributed by atoms with E-state index in [9.17, 15) is 0 Å². The quantitative estimate of drug-likeness (QED) is 0.244. The lowest BCUT2D eigenvalue weighted by molar-refractivity contribution is 0.376. The van der Waals surface area contributed by atoms with E-state index in [-0.39, 0.29) is 0 Å². The van der Waals surface area contributed by atoms with Crippen LogP contribution in [0.5, 0.6) is 0 Å². The van der Waals surface area contributed by atoms with Crippen molar-refractivity contribution in [2.24, 2.45) is 10.8 Å². The fraction of sp³-hybridized carbons (Fsp3) is 0.450. The summed E-state index contributed by atoms with van der Waals surface area (Å²) in [6, 6.07) is 0. The molecular weight excluding hydrogens is 480 g/mol. The van der Waals surface area contributed by atoms with Gasteiger partial charge in [-0.05, 0) is 102 Å². The van der Waals surface area contributed by atoms with E-state index in [1.165, 1.54) is 72.0 Å². The van der Waals surface area contributed by atoms with E-state index in [0.29, 0.717) is 10.8 Å². The van der Waals surface area contributed by atoms with Crippen LogP contribution in [0.2, 0.25) is 0 Å². The molecule has 0 atom stereocenters. The van der Waals surface area contributed by atoms with Crippen LogP contribution in [0.25, 0.3) is 0 Å². The Labute approximate surface area is 247 Å². The zero-order valence-electron chi connectivity index (χ0n) is 27.3. The molecule has 0 N–H and O–H groups in total. The molecule has 0 heteroatoms. The molecule has 0 spiro atoms. The highest BCUT2D eigenvalue weighted by Gasteiger charge is 2.27. The van der Waals surface area contributed by atoms with Crippen molar-refractivity contribution in [3.63, 3.8) is 0 Å². The molecular formula is C40H56. The van der Waals surface area contributed by atoms with E-state index in [4.69, 9.17) is 0 Å². The molecule has 2 aliphatic carbocycles. The summed E-state index contributed by atoms with van der Waals surface area (Å²) in [5.74, 6) is 0. The Kier molecular flexibility index (Phi) is 13.2. The van der Waals surface area contributed by atoms with Crippen molar-refractivity contribution >= 4 is 0 Å². The predicted octanol–water partition coefficient (Wildman–Crippen LogP) is 12.6. The van der Waals surface area contributed by atoms with Crippen LogP contribution in [0.3, 0.4) is 0 Å². The normalized spacial score (nSPS) is 21.9. The molecule has 0 aromatic rings. The average molecular weight is 537 g/mol. The number of hydrogen-bond donors (Lipinski definition) is 0. The van der Waals surface area contributed by atoms with E-state index < -0.39 is 0 Å². The molecule has 40 heavy (non-hydrogen) atoms. The first-order valence-electron chi connectivity index (χ1n) is 15.3. The summed E-state index contributed by atoms with van der Waals surface area (Å²) in [7, 11) is 0. The van der Waals surface area contributed by atoms with Crippen LogP contribution in [-0.2, 0) is 0 Å². The minimum atomic E-state index is 0.291. The zero-order chi connectivity index (χ0) is 29.8. The van der Waals surface area contributed by atoms with Gasteiger partial charge in [-0.15, -0.1) is 0 Å². The molecule has 0 saturated carbocycles. The molecule has 0 nitrogen and oxygen atoms in total. The summed E-state index contributed by atoms with van der Waals surface area (Å²) in [5, 5.41) is 0. The summed E-state index contributed by atoms with van der Waals surface area (Å²) in [6.45, 7) is 22.7. The second kappa shape index (κ2) is 15.8. The first kappa shape index (κ1) is 33.3. The van der Waals surface area contributed by atoms with Crippen LogP contribution in [0.1, 0.15) is 108 Å². The van der Waals surface area contributed by atoms with Gasteiger partial charge in [0.2, 0.25) is 0 Å². The molecule has 0 bridgehead atoms. The van der Waals surface area contributed by atoms with Crippen molar-refractivity contribution in [2.45, 2.75) is 108 Å². The highest BCUT2D eigenvalue weighted by Crippen LogP contribution is 2.41. The van der Waals surface area contributed by atoms with Crippen LogP contribution in [-0.4, -0.2) is 0 Å². The molecule has 0 aromatic carbocycles. The van der Waals surface area contributed by atoms with Gasteiger partial charge in [-0.3, -0.25) is 0 Å². The SMILES string of the molecule is CC1=C(\C=C/C(C)=C\C=C/C(C)=C/C=C/C=C(C)/C=C/C=C(C)/C=C/C2=C(C)CCCC2(C)C)C(C)(C)CCC1. The second-order valence-electron chi connectivity index (χ2n) is 13.3. The first-order chi connectivity index (χ1) is 18.8. The van der Waals surface area contributed by atoms with Crippen LogP contribution >= 0.6 is 0 Å². The Bertz CT molecular complexity index is 1120. The average Bonchev–Trinajstić information content (AvgIpc) is 2.85. The lowest BCUT2D eigenvalue weighted by Crippen LogP contribution is -2.19. The number of rotatable bonds is 10. The fourth-order valence-electron chi connectivity index (χ4n) is 5.79. The molecule has 0 aliphatic heterocycles. The zero-order valence-corrected chi connectivity index (χ0v) is 27.3. The Morgan fingerprint density at radius 3 is 1.18 bits per heavy atom. The third-order valence-corrected chi connectivity index (χ3v) is 8.38. The van der Waals surface area contributed by atoms with Crippen molar-refractivity contribution in [1.82, 2.24) is 0 Å². The Hall–Kier alpha value is -2.86. The highest BCUT2D eigenvalue weighted by atomic mass is 14.3. The van der Waals surface area contributed by atoms with E-state index in [1.807, 2.05) is 0 Å². The smallest absolute Gasteiger partial charge is 0.0104 e.